The third kappa shape index (κ3) is 3.10. The molecule has 0 radical (unpaired) electrons. The average Bonchev–Trinajstić information content (AvgIpc) is 2.91. The number of amides is 1. The van der Waals surface area contributed by atoms with Crippen LogP contribution in [0.5, 0.6) is 0 Å². The van der Waals surface area contributed by atoms with Gasteiger partial charge in [0.2, 0.25) is 5.91 Å². The molecular formula is C17H23N3O. The number of hydrogen-bond acceptors (Lipinski definition) is 2. The molecule has 4 heteroatoms. The van der Waals surface area contributed by atoms with Crippen LogP contribution in [0.1, 0.15) is 18.4 Å². The molecule has 1 atom stereocenters. The van der Waals surface area contributed by atoms with Gasteiger partial charge in [0.15, 0.2) is 0 Å². The van der Waals surface area contributed by atoms with E-state index >= 15 is 0 Å². The molecule has 1 aliphatic rings. The predicted molar refractivity (Wildman–Crippen MR) is 85.2 cm³/mol. The lowest BCUT2D eigenvalue weighted by molar-refractivity contribution is -0.132. The van der Waals surface area contributed by atoms with Crippen molar-refractivity contribution in [2.24, 2.45) is 5.92 Å². The monoisotopic (exact) mass is 285 g/mol. The van der Waals surface area contributed by atoms with Crippen LogP contribution in [-0.4, -0.2) is 42.5 Å². The summed E-state index contributed by atoms with van der Waals surface area (Å²) in [4.78, 5) is 17.8. The number of nitrogens with zero attached hydrogens (tertiary/aromatic N) is 1. The number of aromatic nitrogens is 1. The fourth-order valence-corrected chi connectivity index (χ4v) is 3.30. The van der Waals surface area contributed by atoms with E-state index in [0.29, 0.717) is 12.3 Å². The molecule has 1 aromatic carbocycles. The van der Waals surface area contributed by atoms with Crippen LogP contribution in [0.2, 0.25) is 0 Å². The molecule has 1 aromatic heterocycles. The maximum atomic E-state index is 12.6. The largest absolute Gasteiger partial charge is 0.361 e. The number of likely N-dealkylation sites (tertiary alicyclic amines) is 1. The number of benzene rings is 1. The highest BCUT2D eigenvalue weighted by molar-refractivity contribution is 5.88. The van der Waals surface area contributed by atoms with Crippen molar-refractivity contribution in [2.75, 3.05) is 26.7 Å². The topological polar surface area (TPSA) is 48.1 Å². The Morgan fingerprint density at radius 2 is 2.29 bits per heavy atom. The third-order valence-electron chi connectivity index (χ3n) is 4.38. The van der Waals surface area contributed by atoms with Crippen LogP contribution in [0.4, 0.5) is 0 Å². The third-order valence-corrected chi connectivity index (χ3v) is 4.38. The molecule has 2 N–H and O–H groups in total. The molecule has 1 aliphatic heterocycles. The fraction of sp³-hybridized carbons (Fsp3) is 0.471. The number of carbonyl (C=O) groups is 1. The van der Waals surface area contributed by atoms with Crippen molar-refractivity contribution in [3.8, 4) is 0 Å². The van der Waals surface area contributed by atoms with Gasteiger partial charge in [-0.1, -0.05) is 18.2 Å². The molecule has 2 aromatic rings. The van der Waals surface area contributed by atoms with E-state index in [-0.39, 0.29) is 5.91 Å². The molecule has 21 heavy (non-hydrogen) atoms. The van der Waals surface area contributed by atoms with Crippen molar-refractivity contribution < 1.29 is 4.79 Å². The van der Waals surface area contributed by atoms with Gasteiger partial charge in [-0.25, -0.2) is 0 Å². The van der Waals surface area contributed by atoms with Crippen LogP contribution >= 0.6 is 0 Å². The van der Waals surface area contributed by atoms with E-state index in [9.17, 15) is 4.79 Å². The number of piperidine rings is 1. The van der Waals surface area contributed by atoms with E-state index in [0.717, 1.165) is 42.5 Å². The van der Waals surface area contributed by atoms with Gasteiger partial charge in [-0.2, -0.15) is 0 Å². The number of carbonyl (C=O) groups excluding carboxylic acids is 1. The summed E-state index contributed by atoms with van der Waals surface area (Å²) >= 11 is 0. The lowest BCUT2D eigenvalue weighted by Gasteiger charge is -2.32. The van der Waals surface area contributed by atoms with Crippen molar-refractivity contribution >= 4 is 16.8 Å². The molecule has 2 heterocycles. The van der Waals surface area contributed by atoms with Crippen LogP contribution in [-0.2, 0) is 11.2 Å². The maximum absolute atomic E-state index is 12.6. The van der Waals surface area contributed by atoms with Gasteiger partial charge in [0.05, 0.1) is 6.42 Å². The van der Waals surface area contributed by atoms with E-state index in [1.54, 1.807) is 0 Å². The summed E-state index contributed by atoms with van der Waals surface area (Å²) in [5.74, 6) is 0.844. The Kier molecular flexibility index (Phi) is 4.25. The Hall–Kier alpha value is -1.81. The zero-order chi connectivity index (χ0) is 14.7. The van der Waals surface area contributed by atoms with Gasteiger partial charge in [-0.3, -0.25) is 4.79 Å². The first kappa shape index (κ1) is 14.1. The Morgan fingerprint density at radius 3 is 3.14 bits per heavy atom. The van der Waals surface area contributed by atoms with Gasteiger partial charge in [0.1, 0.15) is 0 Å². The number of hydrogen-bond donors (Lipinski definition) is 2. The molecule has 1 saturated heterocycles. The van der Waals surface area contributed by atoms with Gasteiger partial charge < -0.3 is 15.2 Å². The van der Waals surface area contributed by atoms with Gasteiger partial charge in [-0.05, 0) is 44.0 Å². The number of fused-ring (bicyclic) bond motifs is 1. The number of H-pyrrole nitrogens is 1. The number of aromatic amines is 1. The lowest BCUT2D eigenvalue weighted by Crippen LogP contribution is -2.43. The zero-order valence-electron chi connectivity index (χ0n) is 12.6. The second-order valence-electron chi connectivity index (χ2n) is 5.94. The minimum absolute atomic E-state index is 0.251. The summed E-state index contributed by atoms with van der Waals surface area (Å²) in [5, 5.41) is 4.39. The van der Waals surface area contributed by atoms with Gasteiger partial charge in [-0.15, -0.1) is 0 Å². The summed E-state index contributed by atoms with van der Waals surface area (Å²) in [7, 11) is 1.98. The summed E-state index contributed by atoms with van der Waals surface area (Å²) in [6, 6.07) is 8.16. The minimum Gasteiger partial charge on any atom is -0.361 e. The summed E-state index contributed by atoms with van der Waals surface area (Å²) in [6.45, 7) is 2.79. The van der Waals surface area contributed by atoms with E-state index < -0.39 is 0 Å². The molecule has 0 spiro atoms. The second-order valence-corrected chi connectivity index (χ2v) is 5.94. The van der Waals surface area contributed by atoms with Crippen LogP contribution in [0.15, 0.2) is 30.5 Å². The normalized spacial score (nSPS) is 19.1. The van der Waals surface area contributed by atoms with Crippen LogP contribution in [0, 0.1) is 5.92 Å². The molecule has 3 rings (SSSR count). The van der Waals surface area contributed by atoms with Crippen LogP contribution < -0.4 is 5.32 Å². The molecule has 4 nitrogen and oxygen atoms in total. The van der Waals surface area contributed by atoms with Crippen LogP contribution in [0.25, 0.3) is 10.9 Å². The van der Waals surface area contributed by atoms with Gasteiger partial charge in [0, 0.05) is 30.2 Å². The van der Waals surface area contributed by atoms with Crippen molar-refractivity contribution in [1.82, 2.24) is 15.2 Å². The number of para-hydroxylation sites is 1. The molecule has 1 fully saturated rings. The van der Waals surface area contributed by atoms with Crippen molar-refractivity contribution in [3.63, 3.8) is 0 Å². The predicted octanol–water partition coefficient (Wildman–Crippen LogP) is 2.17. The van der Waals surface area contributed by atoms with Crippen molar-refractivity contribution in [1.29, 1.82) is 0 Å². The highest BCUT2D eigenvalue weighted by Gasteiger charge is 2.23. The Bertz CT molecular complexity index is 617. The molecular weight excluding hydrogens is 262 g/mol. The van der Waals surface area contributed by atoms with Crippen molar-refractivity contribution in [3.05, 3.63) is 36.0 Å². The van der Waals surface area contributed by atoms with E-state index in [1.807, 2.05) is 36.3 Å². The summed E-state index contributed by atoms with van der Waals surface area (Å²) in [6.07, 6.45) is 4.80. The highest BCUT2D eigenvalue weighted by Crippen LogP contribution is 2.21. The number of nitrogens with one attached hydrogen (secondary N) is 2. The molecule has 0 saturated carbocycles. The summed E-state index contributed by atoms with van der Waals surface area (Å²) < 4.78 is 0. The van der Waals surface area contributed by atoms with Crippen molar-refractivity contribution in [2.45, 2.75) is 19.3 Å². The van der Waals surface area contributed by atoms with Crippen LogP contribution in [0.3, 0.4) is 0 Å². The first-order chi connectivity index (χ1) is 10.3. The van der Waals surface area contributed by atoms with E-state index in [2.05, 4.69) is 16.4 Å². The first-order valence-corrected chi connectivity index (χ1v) is 7.75. The quantitative estimate of drug-likeness (QED) is 0.904. The SMILES string of the molecule is CNCC1CCCN(C(=O)Cc2c[nH]c3ccccc23)C1. The highest BCUT2D eigenvalue weighted by atomic mass is 16.2. The maximum Gasteiger partial charge on any atom is 0.227 e. The fourth-order valence-electron chi connectivity index (χ4n) is 3.30. The Morgan fingerprint density at radius 1 is 1.43 bits per heavy atom. The molecule has 112 valence electrons. The standard InChI is InChI=1S/C17H23N3O/c1-18-10-13-5-4-8-20(12-13)17(21)9-14-11-19-16-7-3-2-6-15(14)16/h2-3,6-7,11,13,18-19H,4-5,8-10,12H2,1H3. The van der Waals surface area contributed by atoms with E-state index in [4.69, 9.17) is 0 Å². The van der Waals surface area contributed by atoms with E-state index in [1.165, 1.54) is 6.42 Å². The second kappa shape index (κ2) is 6.31. The first-order valence-electron chi connectivity index (χ1n) is 7.75. The lowest BCUT2D eigenvalue weighted by atomic mass is 9.97. The van der Waals surface area contributed by atoms with Gasteiger partial charge in [0.25, 0.3) is 0 Å². The molecule has 0 bridgehead atoms. The number of rotatable bonds is 4. The minimum atomic E-state index is 0.251. The van der Waals surface area contributed by atoms with Gasteiger partial charge >= 0.3 is 0 Å². The summed E-state index contributed by atoms with van der Waals surface area (Å²) in [5.41, 5.74) is 2.21. The molecule has 0 aliphatic carbocycles. The Labute approximate surface area is 125 Å². The Balaban J connectivity index is 1.68. The smallest absolute Gasteiger partial charge is 0.227 e. The molecule has 1 amide bonds. The zero-order valence-corrected chi connectivity index (χ0v) is 12.6. The average molecular weight is 285 g/mol. The molecule has 1 unspecified atom stereocenters.